The second-order valence-corrected chi connectivity index (χ2v) is 4.74. The van der Waals surface area contributed by atoms with Gasteiger partial charge >= 0.3 is 0 Å². The normalized spacial score (nSPS) is 12.5. The number of benzene rings is 1. The van der Waals surface area contributed by atoms with Gasteiger partial charge in [-0.25, -0.2) is 0 Å². The lowest BCUT2D eigenvalue weighted by Gasteiger charge is -2.15. The molecule has 0 aliphatic rings. The van der Waals surface area contributed by atoms with Gasteiger partial charge in [0.1, 0.15) is 5.75 Å². The Morgan fingerprint density at radius 1 is 1.41 bits per heavy atom. The minimum absolute atomic E-state index is 0.245. The van der Waals surface area contributed by atoms with Gasteiger partial charge in [0.2, 0.25) is 0 Å². The SMILES string of the molecule is CCNCCCC(C)Oc1ccc(Cl)c(C)c1. The molecule has 0 aliphatic carbocycles. The average molecular weight is 256 g/mol. The van der Waals surface area contributed by atoms with Crippen LogP contribution in [0.3, 0.4) is 0 Å². The van der Waals surface area contributed by atoms with Crippen molar-refractivity contribution in [1.29, 1.82) is 0 Å². The summed E-state index contributed by atoms with van der Waals surface area (Å²) < 4.78 is 5.84. The number of rotatable bonds is 7. The highest BCUT2D eigenvalue weighted by Gasteiger charge is 2.05. The molecule has 0 radical (unpaired) electrons. The van der Waals surface area contributed by atoms with Crippen molar-refractivity contribution in [2.24, 2.45) is 0 Å². The Morgan fingerprint density at radius 2 is 2.18 bits per heavy atom. The maximum Gasteiger partial charge on any atom is 0.120 e. The molecule has 1 rings (SSSR count). The third kappa shape index (κ3) is 5.42. The van der Waals surface area contributed by atoms with Crippen LogP contribution < -0.4 is 10.1 Å². The second kappa shape index (κ2) is 7.57. The molecule has 0 saturated heterocycles. The van der Waals surface area contributed by atoms with Gasteiger partial charge in [0.15, 0.2) is 0 Å². The molecular weight excluding hydrogens is 234 g/mol. The smallest absolute Gasteiger partial charge is 0.120 e. The van der Waals surface area contributed by atoms with E-state index in [0.717, 1.165) is 42.3 Å². The quantitative estimate of drug-likeness (QED) is 0.749. The van der Waals surface area contributed by atoms with Gasteiger partial charge in [-0.15, -0.1) is 0 Å². The first-order chi connectivity index (χ1) is 8.13. The lowest BCUT2D eigenvalue weighted by molar-refractivity contribution is 0.207. The van der Waals surface area contributed by atoms with Gasteiger partial charge in [0.05, 0.1) is 6.10 Å². The summed E-state index contributed by atoms with van der Waals surface area (Å²) in [7, 11) is 0. The Balaban J connectivity index is 2.34. The molecule has 1 unspecified atom stereocenters. The van der Waals surface area contributed by atoms with Crippen LogP contribution in [-0.4, -0.2) is 19.2 Å². The highest BCUT2D eigenvalue weighted by molar-refractivity contribution is 6.31. The van der Waals surface area contributed by atoms with Crippen molar-refractivity contribution in [3.8, 4) is 5.75 Å². The summed E-state index contributed by atoms with van der Waals surface area (Å²) in [4.78, 5) is 0. The lowest BCUT2D eigenvalue weighted by atomic mass is 10.2. The van der Waals surface area contributed by atoms with E-state index in [-0.39, 0.29) is 6.10 Å². The van der Waals surface area contributed by atoms with Crippen LogP contribution in [0, 0.1) is 6.92 Å². The number of hydrogen-bond acceptors (Lipinski definition) is 2. The van der Waals surface area contributed by atoms with E-state index in [1.807, 2.05) is 25.1 Å². The lowest BCUT2D eigenvalue weighted by Crippen LogP contribution is -2.18. The number of nitrogens with one attached hydrogen (secondary N) is 1. The molecule has 3 heteroatoms. The monoisotopic (exact) mass is 255 g/mol. The number of hydrogen-bond donors (Lipinski definition) is 1. The van der Waals surface area contributed by atoms with E-state index < -0.39 is 0 Å². The molecule has 1 N–H and O–H groups in total. The molecule has 0 saturated carbocycles. The number of ether oxygens (including phenoxy) is 1. The first kappa shape index (κ1) is 14.3. The predicted molar refractivity (Wildman–Crippen MR) is 74.1 cm³/mol. The largest absolute Gasteiger partial charge is 0.491 e. The Hall–Kier alpha value is -0.730. The fraction of sp³-hybridized carbons (Fsp3) is 0.571. The van der Waals surface area contributed by atoms with Gasteiger partial charge in [-0.05, 0) is 63.5 Å². The summed E-state index contributed by atoms with van der Waals surface area (Å²) in [6.07, 6.45) is 2.45. The van der Waals surface area contributed by atoms with Crippen LogP contribution in [0.15, 0.2) is 18.2 Å². The van der Waals surface area contributed by atoms with E-state index in [0.29, 0.717) is 0 Å². The summed E-state index contributed by atoms with van der Waals surface area (Å²) >= 11 is 5.97. The van der Waals surface area contributed by atoms with Crippen molar-refractivity contribution < 1.29 is 4.74 Å². The van der Waals surface area contributed by atoms with Crippen molar-refractivity contribution in [2.75, 3.05) is 13.1 Å². The average Bonchev–Trinajstić information content (AvgIpc) is 2.30. The van der Waals surface area contributed by atoms with E-state index in [4.69, 9.17) is 16.3 Å². The van der Waals surface area contributed by atoms with Crippen LogP contribution in [0.4, 0.5) is 0 Å². The predicted octanol–water partition coefficient (Wildman–Crippen LogP) is 3.81. The fourth-order valence-electron chi connectivity index (χ4n) is 1.67. The molecule has 0 bridgehead atoms. The van der Waals surface area contributed by atoms with Gasteiger partial charge < -0.3 is 10.1 Å². The van der Waals surface area contributed by atoms with Crippen molar-refractivity contribution in [3.05, 3.63) is 28.8 Å². The van der Waals surface area contributed by atoms with E-state index >= 15 is 0 Å². The van der Waals surface area contributed by atoms with Gasteiger partial charge in [-0.1, -0.05) is 18.5 Å². The Labute approximate surface area is 109 Å². The van der Waals surface area contributed by atoms with E-state index in [1.54, 1.807) is 0 Å². The fourth-order valence-corrected chi connectivity index (χ4v) is 1.79. The van der Waals surface area contributed by atoms with Gasteiger partial charge in [-0.2, -0.15) is 0 Å². The number of halogens is 1. The van der Waals surface area contributed by atoms with Gasteiger partial charge in [0.25, 0.3) is 0 Å². The maximum absolute atomic E-state index is 5.97. The molecule has 1 aromatic carbocycles. The Bertz CT molecular complexity index is 341. The first-order valence-corrected chi connectivity index (χ1v) is 6.64. The van der Waals surface area contributed by atoms with Crippen LogP contribution in [0.5, 0.6) is 5.75 Å². The highest BCUT2D eigenvalue weighted by atomic mass is 35.5. The van der Waals surface area contributed by atoms with Crippen molar-refractivity contribution in [3.63, 3.8) is 0 Å². The van der Waals surface area contributed by atoms with Gasteiger partial charge in [-0.3, -0.25) is 0 Å². The molecule has 0 spiro atoms. The van der Waals surface area contributed by atoms with Crippen molar-refractivity contribution >= 4 is 11.6 Å². The molecule has 0 amide bonds. The first-order valence-electron chi connectivity index (χ1n) is 6.27. The molecule has 0 heterocycles. The van der Waals surface area contributed by atoms with Crippen LogP contribution in [0.2, 0.25) is 5.02 Å². The molecule has 2 nitrogen and oxygen atoms in total. The molecule has 17 heavy (non-hydrogen) atoms. The van der Waals surface area contributed by atoms with Crippen LogP contribution >= 0.6 is 11.6 Å². The summed E-state index contributed by atoms with van der Waals surface area (Å²) in [5, 5.41) is 4.10. The third-order valence-electron chi connectivity index (χ3n) is 2.68. The van der Waals surface area contributed by atoms with E-state index in [9.17, 15) is 0 Å². The summed E-state index contributed by atoms with van der Waals surface area (Å²) in [5.74, 6) is 0.905. The zero-order chi connectivity index (χ0) is 12.7. The Morgan fingerprint density at radius 3 is 2.82 bits per heavy atom. The second-order valence-electron chi connectivity index (χ2n) is 4.34. The zero-order valence-corrected chi connectivity index (χ0v) is 11.7. The van der Waals surface area contributed by atoms with Crippen molar-refractivity contribution in [2.45, 2.75) is 39.7 Å². The summed E-state index contributed by atoms with van der Waals surface area (Å²) in [5.41, 5.74) is 1.06. The minimum atomic E-state index is 0.245. The van der Waals surface area contributed by atoms with Crippen LogP contribution in [-0.2, 0) is 0 Å². The van der Waals surface area contributed by atoms with E-state index in [2.05, 4.69) is 19.2 Å². The molecule has 0 aliphatic heterocycles. The minimum Gasteiger partial charge on any atom is -0.491 e. The number of aryl methyl sites for hydroxylation is 1. The summed E-state index contributed by atoms with van der Waals surface area (Å²) in [6, 6.07) is 5.80. The Kier molecular flexibility index (Phi) is 6.38. The maximum atomic E-state index is 5.97. The molecular formula is C14H22ClNO. The zero-order valence-electron chi connectivity index (χ0n) is 10.9. The topological polar surface area (TPSA) is 21.3 Å². The van der Waals surface area contributed by atoms with Crippen LogP contribution in [0.25, 0.3) is 0 Å². The van der Waals surface area contributed by atoms with Crippen LogP contribution in [0.1, 0.15) is 32.3 Å². The molecule has 0 aromatic heterocycles. The molecule has 96 valence electrons. The van der Waals surface area contributed by atoms with E-state index in [1.165, 1.54) is 0 Å². The van der Waals surface area contributed by atoms with Gasteiger partial charge in [0, 0.05) is 5.02 Å². The summed E-state index contributed by atoms with van der Waals surface area (Å²) in [6.45, 7) is 8.31. The molecule has 1 atom stereocenters. The molecule has 1 aromatic rings. The molecule has 0 fully saturated rings. The van der Waals surface area contributed by atoms with Crippen molar-refractivity contribution in [1.82, 2.24) is 5.32 Å². The highest BCUT2D eigenvalue weighted by Crippen LogP contribution is 2.22. The standard InChI is InChI=1S/C14H22ClNO/c1-4-16-9-5-6-12(3)17-13-7-8-14(15)11(2)10-13/h7-8,10,12,16H,4-6,9H2,1-3H3. The third-order valence-corrected chi connectivity index (χ3v) is 3.10.